The van der Waals surface area contributed by atoms with Crippen LogP contribution >= 0.6 is 0 Å². The van der Waals surface area contributed by atoms with E-state index in [4.69, 9.17) is 0 Å². The Kier molecular flexibility index (Phi) is 5.44. The van der Waals surface area contributed by atoms with E-state index < -0.39 is 0 Å². The number of aliphatic hydroxyl groups excluding tert-OH is 1. The van der Waals surface area contributed by atoms with E-state index in [1.807, 2.05) is 11.7 Å². The zero-order chi connectivity index (χ0) is 15.5. The molecule has 120 valence electrons. The molecule has 0 aliphatic carbocycles. The molecular formula is C17H31N3O. The molecule has 4 heteroatoms. The van der Waals surface area contributed by atoms with E-state index in [9.17, 15) is 5.11 Å². The second-order valence-electron chi connectivity index (χ2n) is 6.58. The van der Waals surface area contributed by atoms with Gasteiger partial charge in [0.15, 0.2) is 0 Å². The number of hydrogen-bond donors (Lipinski definition) is 1. The van der Waals surface area contributed by atoms with Crippen LogP contribution in [0, 0.1) is 0 Å². The first-order valence-corrected chi connectivity index (χ1v) is 8.46. The summed E-state index contributed by atoms with van der Waals surface area (Å²) in [6.45, 7) is 8.77. The van der Waals surface area contributed by atoms with Crippen LogP contribution in [0.1, 0.15) is 57.8 Å². The summed E-state index contributed by atoms with van der Waals surface area (Å²) in [4.78, 5) is 2.50. The summed E-state index contributed by atoms with van der Waals surface area (Å²) in [5, 5.41) is 15.4. The Morgan fingerprint density at radius 2 is 1.95 bits per heavy atom. The maximum absolute atomic E-state index is 10.9. The van der Waals surface area contributed by atoms with Crippen LogP contribution in [0.3, 0.4) is 0 Å². The molecule has 2 rings (SSSR count). The van der Waals surface area contributed by atoms with Crippen molar-refractivity contribution < 1.29 is 5.11 Å². The number of likely N-dealkylation sites (tertiary alicyclic amines) is 1. The highest BCUT2D eigenvalue weighted by Gasteiger charge is 2.38. The van der Waals surface area contributed by atoms with Gasteiger partial charge in [0, 0.05) is 24.7 Å². The summed E-state index contributed by atoms with van der Waals surface area (Å²) in [7, 11) is 1.98. The van der Waals surface area contributed by atoms with Gasteiger partial charge in [-0.1, -0.05) is 20.3 Å². The lowest BCUT2D eigenvalue weighted by atomic mass is 9.85. The largest absolute Gasteiger partial charge is 0.391 e. The van der Waals surface area contributed by atoms with Crippen LogP contribution in [0.25, 0.3) is 0 Å². The van der Waals surface area contributed by atoms with Crippen molar-refractivity contribution in [1.82, 2.24) is 14.7 Å². The van der Waals surface area contributed by atoms with Crippen LogP contribution in [0.2, 0.25) is 0 Å². The predicted octanol–water partition coefficient (Wildman–Crippen LogP) is 2.54. The first kappa shape index (κ1) is 16.5. The number of rotatable bonds is 6. The maximum atomic E-state index is 10.9. The van der Waals surface area contributed by atoms with Gasteiger partial charge in [0.1, 0.15) is 0 Å². The average Bonchev–Trinajstić information content (AvgIpc) is 2.87. The Morgan fingerprint density at radius 3 is 2.48 bits per heavy atom. The van der Waals surface area contributed by atoms with Crippen LogP contribution < -0.4 is 0 Å². The van der Waals surface area contributed by atoms with Gasteiger partial charge >= 0.3 is 0 Å². The van der Waals surface area contributed by atoms with E-state index in [2.05, 4.69) is 36.8 Å². The Bertz CT molecular complexity index is 451. The average molecular weight is 293 g/mol. The SMILES string of the molecule is CCc1cc(CC(O)C(C)(CC)N2CCCCC2)n(C)n1. The molecule has 1 aromatic rings. The third-order valence-electron chi connectivity index (χ3n) is 5.30. The van der Waals surface area contributed by atoms with Gasteiger partial charge < -0.3 is 5.11 Å². The number of nitrogens with zero attached hydrogens (tertiary/aromatic N) is 3. The highest BCUT2D eigenvalue weighted by atomic mass is 16.3. The highest BCUT2D eigenvalue weighted by Crippen LogP contribution is 2.29. The van der Waals surface area contributed by atoms with Crippen LogP contribution in [0.4, 0.5) is 0 Å². The van der Waals surface area contributed by atoms with E-state index in [-0.39, 0.29) is 11.6 Å². The molecule has 1 aliphatic heterocycles. The molecule has 2 atom stereocenters. The van der Waals surface area contributed by atoms with E-state index in [0.717, 1.165) is 37.3 Å². The first-order valence-electron chi connectivity index (χ1n) is 8.46. The van der Waals surface area contributed by atoms with Crippen molar-refractivity contribution in [3.63, 3.8) is 0 Å². The Labute approximate surface area is 129 Å². The first-order chi connectivity index (χ1) is 10.0. The third kappa shape index (κ3) is 3.49. The van der Waals surface area contributed by atoms with Crippen LogP contribution in [0.15, 0.2) is 6.07 Å². The highest BCUT2D eigenvalue weighted by molar-refractivity contribution is 5.13. The molecule has 1 aliphatic rings. The zero-order valence-electron chi connectivity index (χ0n) is 14.1. The number of aryl methyl sites for hydroxylation is 2. The minimum absolute atomic E-state index is 0.128. The van der Waals surface area contributed by atoms with Crippen molar-refractivity contribution in [1.29, 1.82) is 0 Å². The van der Waals surface area contributed by atoms with E-state index in [1.54, 1.807) is 0 Å². The summed E-state index contributed by atoms with van der Waals surface area (Å²) in [6.07, 6.45) is 6.11. The summed E-state index contributed by atoms with van der Waals surface area (Å²) < 4.78 is 1.92. The molecule has 0 bridgehead atoms. The third-order valence-corrected chi connectivity index (χ3v) is 5.30. The summed E-state index contributed by atoms with van der Waals surface area (Å²) in [6, 6.07) is 2.13. The summed E-state index contributed by atoms with van der Waals surface area (Å²) in [5.74, 6) is 0. The smallest absolute Gasteiger partial charge is 0.0776 e. The second-order valence-corrected chi connectivity index (χ2v) is 6.58. The molecule has 1 fully saturated rings. The molecule has 0 saturated carbocycles. The van der Waals surface area contributed by atoms with Gasteiger partial charge in [0.2, 0.25) is 0 Å². The molecule has 0 amide bonds. The molecular weight excluding hydrogens is 262 g/mol. The van der Waals surface area contributed by atoms with Gasteiger partial charge in [-0.15, -0.1) is 0 Å². The fraction of sp³-hybridized carbons (Fsp3) is 0.824. The number of aromatic nitrogens is 2. The van der Waals surface area contributed by atoms with Gasteiger partial charge in [-0.05, 0) is 51.8 Å². The molecule has 0 aromatic carbocycles. The minimum Gasteiger partial charge on any atom is -0.391 e. The van der Waals surface area contributed by atoms with E-state index in [1.165, 1.54) is 19.3 Å². The van der Waals surface area contributed by atoms with Crippen molar-refractivity contribution in [3.05, 3.63) is 17.5 Å². The fourth-order valence-corrected chi connectivity index (χ4v) is 3.43. The number of hydrogen-bond acceptors (Lipinski definition) is 3. The molecule has 1 aromatic heterocycles. The molecule has 2 heterocycles. The standard InChI is InChI=1S/C17H31N3O/c1-5-14-12-15(19(4)18-14)13-16(21)17(3,6-2)20-10-8-7-9-11-20/h12,16,21H,5-11,13H2,1-4H3. The molecule has 4 nitrogen and oxygen atoms in total. The summed E-state index contributed by atoms with van der Waals surface area (Å²) in [5.41, 5.74) is 2.11. The molecule has 0 spiro atoms. The second kappa shape index (κ2) is 6.93. The van der Waals surface area contributed by atoms with Gasteiger partial charge in [0.05, 0.1) is 11.8 Å². The van der Waals surface area contributed by atoms with Crippen LogP contribution in [-0.2, 0) is 19.9 Å². The van der Waals surface area contributed by atoms with Crippen molar-refractivity contribution in [3.8, 4) is 0 Å². The molecule has 2 unspecified atom stereocenters. The molecule has 1 saturated heterocycles. The number of piperidine rings is 1. The van der Waals surface area contributed by atoms with Crippen molar-refractivity contribution in [2.45, 2.75) is 70.9 Å². The van der Waals surface area contributed by atoms with Crippen molar-refractivity contribution >= 4 is 0 Å². The quantitative estimate of drug-likeness (QED) is 0.876. The zero-order valence-corrected chi connectivity index (χ0v) is 14.1. The number of aliphatic hydroxyl groups is 1. The maximum Gasteiger partial charge on any atom is 0.0776 e. The fourth-order valence-electron chi connectivity index (χ4n) is 3.43. The van der Waals surface area contributed by atoms with Crippen molar-refractivity contribution in [2.75, 3.05) is 13.1 Å². The van der Waals surface area contributed by atoms with Crippen LogP contribution in [-0.4, -0.2) is 44.5 Å². The van der Waals surface area contributed by atoms with Gasteiger partial charge in [0.25, 0.3) is 0 Å². The molecule has 21 heavy (non-hydrogen) atoms. The van der Waals surface area contributed by atoms with Gasteiger partial charge in [-0.2, -0.15) is 5.10 Å². The Hall–Kier alpha value is -0.870. The Balaban J connectivity index is 2.11. The Morgan fingerprint density at radius 1 is 1.29 bits per heavy atom. The lowest BCUT2D eigenvalue weighted by molar-refractivity contribution is -0.0335. The predicted molar refractivity (Wildman–Crippen MR) is 86.4 cm³/mol. The van der Waals surface area contributed by atoms with E-state index in [0.29, 0.717) is 6.42 Å². The van der Waals surface area contributed by atoms with Crippen LogP contribution in [0.5, 0.6) is 0 Å². The monoisotopic (exact) mass is 293 g/mol. The topological polar surface area (TPSA) is 41.3 Å². The summed E-state index contributed by atoms with van der Waals surface area (Å²) >= 11 is 0. The van der Waals surface area contributed by atoms with Crippen molar-refractivity contribution in [2.24, 2.45) is 7.05 Å². The normalized spacial score (nSPS) is 21.2. The molecule has 0 radical (unpaired) electrons. The minimum atomic E-state index is -0.347. The lowest BCUT2D eigenvalue weighted by Gasteiger charge is -2.46. The molecule has 1 N–H and O–H groups in total. The van der Waals surface area contributed by atoms with Gasteiger partial charge in [-0.25, -0.2) is 0 Å². The van der Waals surface area contributed by atoms with E-state index >= 15 is 0 Å². The lowest BCUT2D eigenvalue weighted by Crippen LogP contribution is -2.56. The van der Waals surface area contributed by atoms with Gasteiger partial charge in [-0.3, -0.25) is 9.58 Å².